The Kier molecular flexibility index (Phi) is 6.71. The summed E-state index contributed by atoms with van der Waals surface area (Å²) in [4.78, 5) is 16.0. The fourth-order valence-corrected chi connectivity index (χ4v) is 9.62. The molecule has 0 amide bonds. The molecule has 0 radical (unpaired) electrons. The summed E-state index contributed by atoms with van der Waals surface area (Å²) in [6.07, 6.45) is 0. The highest BCUT2D eigenvalue weighted by Crippen LogP contribution is 2.43. The molecule has 0 saturated heterocycles. The van der Waals surface area contributed by atoms with Crippen molar-refractivity contribution in [2.75, 3.05) is 0 Å². The maximum Gasteiger partial charge on any atom is 0.167 e. The van der Waals surface area contributed by atoms with E-state index in [0.717, 1.165) is 82.5 Å². The number of benzene rings is 9. The number of fused-ring (bicyclic) bond motifs is 13. The van der Waals surface area contributed by atoms with Gasteiger partial charge in [0.1, 0.15) is 33.5 Å². The molecule has 9 aromatic carbocycles. The third-order valence-corrected chi connectivity index (χ3v) is 12.4. The molecule has 0 saturated carbocycles. The molecule has 0 spiro atoms. The van der Waals surface area contributed by atoms with Crippen LogP contribution in [0.25, 0.3) is 138 Å². The monoisotopic (exact) mass is 794 g/mol. The van der Waals surface area contributed by atoms with E-state index in [1.165, 1.54) is 21.5 Å². The zero-order valence-electron chi connectivity index (χ0n) is 32.8. The van der Waals surface area contributed by atoms with Gasteiger partial charge in [-0.15, -0.1) is 0 Å². The van der Waals surface area contributed by atoms with Crippen molar-refractivity contribution in [3.63, 3.8) is 0 Å². The Morgan fingerprint density at radius 2 is 0.758 bits per heavy atom. The molecule has 0 unspecified atom stereocenters. The van der Waals surface area contributed by atoms with E-state index in [1.54, 1.807) is 0 Å². The first-order valence-corrected chi connectivity index (χ1v) is 20.7. The van der Waals surface area contributed by atoms with Crippen LogP contribution in [0.3, 0.4) is 0 Å². The molecule has 7 nitrogen and oxygen atoms in total. The minimum atomic E-state index is 0.461. The van der Waals surface area contributed by atoms with Crippen LogP contribution in [-0.2, 0) is 0 Å². The van der Waals surface area contributed by atoms with Gasteiger partial charge in [0.25, 0.3) is 0 Å². The normalized spacial score (nSPS) is 12.2. The maximum atomic E-state index is 6.81. The van der Waals surface area contributed by atoms with Gasteiger partial charge in [0.2, 0.25) is 0 Å². The molecule has 5 aromatic heterocycles. The Bertz CT molecular complexity index is 4060. The Labute approximate surface area is 351 Å². The lowest BCUT2D eigenvalue weighted by Crippen LogP contribution is -2.02. The quantitative estimate of drug-likeness (QED) is 0.176. The fraction of sp³-hybridized carbons (Fsp3) is 0. The lowest BCUT2D eigenvalue weighted by molar-refractivity contribution is 0.669. The third kappa shape index (κ3) is 4.73. The molecular formula is C55H30N4O3. The molecule has 0 N–H and O–H groups in total. The topological polar surface area (TPSA) is 83.0 Å². The summed E-state index contributed by atoms with van der Waals surface area (Å²) >= 11 is 0. The van der Waals surface area contributed by atoms with Gasteiger partial charge in [0.15, 0.2) is 17.5 Å². The van der Waals surface area contributed by atoms with Crippen molar-refractivity contribution < 1.29 is 13.3 Å². The second-order valence-electron chi connectivity index (χ2n) is 15.9. The second kappa shape index (κ2) is 12.5. The van der Waals surface area contributed by atoms with E-state index in [1.807, 2.05) is 72.8 Å². The van der Waals surface area contributed by atoms with Crippen molar-refractivity contribution in [3.05, 3.63) is 182 Å². The Morgan fingerprint density at radius 1 is 0.306 bits per heavy atom. The third-order valence-electron chi connectivity index (χ3n) is 12.4. The van der Waals surface area contributed by atoms with Gasteiger partial charge in [0.05, 0.1) is 27.7 Å². The van der Waals surface area contributed by atoms with Gasteiger partial charge < -0.3 is 17.8 Å². The fourth-order valence-electron chi connectivity index (χ4n) is 9.62. The van der Waals surface area contributed by atoms with E-state index in [4.69, 9.17) is 28.2 Å². The van der Waals surface area contributed by atoms with Crippen LogP contribution in [0.5, 0.6) is 0 Å². The van der Waals surface area contributed by atoms with Gasteiger partial charge in [0, 0.05) is 48.8 Å². The van der Waals surface area contributed by atoms with Crippen molar-refractivity contribution in [1.82, 2.24) is 19.5 Å². The van der Waals surface area contributed by atoms with Crippen LogP contribution in [0.2, 0.25) is 0 Å². The van der Waals surface area contributed by atoms with Crippen LogP contribution in [0, 0.1) is 0 Å². The van der Waals surface area contributed by atoms with Crippen molar-refractivity contribution in [2.45, 2.75) is 0 Å². The number of hydrogen-bond donors (Lipinski definition) is 0. The van der Waals surface area contributed by atoms with E-state index >= 15 is 0 Å². The standard InChI is InChI=1S/C55H30N4O3/c1-2-14-32-28-46-42(27-31(32)13-1)34-15-3-7-23-45(34)59(46)33-29-43-37-18-6-10-26-49(37)62-52(43)44(30-33)55-57-53(40-21-11-19-38-35-16-4-8-24-47(35)60-50(38)40)56-54(58-55)41-22-12-20-39-36-17-5-9-25-48(36)61-51(39)41/h1-30H. The molecule has 0 aliphatic heterocycles. The lowest BCUT2D eigenvalue weighted by atomic mass is 10.0. The van der Waals surface area contributed by atoms with E-state index in [9.17, 15) is 0 Å². The molecule has 0 aliphatic carbocycles. The Balaban J connectivity index is 1.10. The maximum absolute atomic E-state index is 6.81. The van der Waals surface area contributed by atoms with Gasteiger partial charge >= 0.3 is 0 Å². The van der Waals surface area contributed by atoms with Crippen molar-refractivity contribution in [1.29, 1.82) is 0 Å². The number of rotatable bonds is 4. The van der Waals surface area contributed by atoms with E-state index in [-0.39, 0.29) is 0 Å². The largest absolute Gasteiger partial charge is 0.455 e. The van der Waals surface area contributed by atoms with Gasteiger partial charge in [-0.05, 0) is 71.4 Å². The summed E-state index contributed by atoms with van der Waals surface area (Å²) < 4.78 is 22.3. The molecule has 288 valence electrons. The first-order chi connectivity index (χ1) is 30.7. The van der Waals surface area contributed by atoms with Crippen LogP contribution >= 0.6 is 0 Å². The summed E-state index contributed by atoms with van der Waals surface area (Å²) in [6.45, 7) is 0. The molecule has 14 rings (SSSR count). The highest BCUT2D eigenvalue weighted by molar-refractivity contribution is 6.16. The van der Waals surface area contributed by atoms with E-state index < -0.39 is 0 Å². The lowest BCUT2D eigenvalue weighted by Gasteiger charge is -2.13. The van der Waals surface area contributed by atoms with Crippen molar-refractivity contribution in [2.24, 2.45) is 0 Å². The average Bonchev–Trinajstić information content (AvgIpc) is 4.09. The zero-order chi connectivity index (χ0) is 40.5. The van der Waals surface area contributed by atoms with Crippen LogP contribution in [-0.4, -0.2) is 19.5 Å². The van der Waals surface area contributed by atoms with Crippen molar-refractivity contribution >= 4 is 98.4 Å². The Morgan fingerprint density at radius 3 is 1.35 bits per heavy atom. The molecular weight excluding hydrogens is 765 g/mol. The summed E-state index contributed by atoms with van der Waals surface area (Å²) in [5.41, 5.74) is 9.89. The van der Waals surface area contributed by atoms with E-state index in [2.05, 4.69) is 114 Å². The minimum Gasteiger partial charge on any atom is -0.455 e. The smallest absolute Gasteiger partial charge is 0.167 e. The van der Waals surface area contributed by atoms with Crippen LogP contribution in [0.15, 0.2) is 195 Å². The first kappa shape index (κ1) is 33.3. The van der Waals surface area contributed by atoms with Crippen LogP contribution in [0.1, 0.15) is 0 Å². The second-order valence-corrected chi connectivity index (χ2v) is 15.9. The van der Waals surface area contributed by atoms with Gasteiger partial charge in [-0.3, -0.25) is 0 Å². The molecule has 0 atom stereocenters. The summed E-state index contributed by atoms with van der Waals surface area (Å²) in [7, 11) is 0. The van der Waals surface area contributed by atoms with Gasteiger partial charge in [-0.2, -0.15) is 0 Å². The predicted molar refractivity (Wildman–Crippen MR) is 250 cm³/mol. The number of furan rings is 3. The molecule has 62 heavy (non-hydrogen) atoms. The number of nitrogens with zero attached hydrogens (tertiary/aromatic N) is 4. The molecule has 5 heterocycles. The molecule has 0 fully saturated rings. The number of para-hydroxylation sites is 6. The molecule has 0 bridgehead atoms. The number of hydrogen-bond acceptors (Lipinski definition) is 6. The van der Waals surface area contributed by atoms with Crippen molar-refractivity contribution in [3.8, 4) is 39.9 Å². The summed E-state index contributed by atoms with van der Waals surface area (Å²) in [6, 6.07) is 62.8. The van der Waals surface area contributed by atoms with Crippen LogP contribution in [0.4, 0.5) is 0 Å². The zero-order valence-corrected chi connectivity index (χ0v) is 32.8. The van der Waals surface area contributed by atoms with Gasteiger partial charge in [-0.1, -0.05) is 121 Å². The highest BCUT2D eigenvalue weighted by atomic mass is 16.3. The average molecular weight is 795 g/mol. The molecule has 0 aliphatic rings. The van der Waals surface area contributed by atoms with Gasteiger partial charge in [-0.25, -0.2) is 15.0 Å². The highest BCUT2D eigenvalue weighted by Gasteiger charge is 2.24. The number of aromatic nitrogens is 4. The predicted octanol–water partition coefficient (Wildman–Crippen LogP) is 14.8. The SMILES string of the molecule is c1ccc2cc3c(cc2c1)c1ccccc1n3-c1cc(-c2nc(-c3cccc4c3oc3ccccc34)nc(-c3cccc4c3oc3ccccc34)n2)c2oc3ccccc3c2c1. The molecule has 14 aromatic rings. The summed E-state index contributed by atoms with van der Waals surface area (Å²) in [5, 5.41) is 10.7. The van der Waals surface area contributed by atoms with E-state index in [0.29, 0.717) is 34.2 Å². The molecule has 7 heteroatoms. The first-order valence-electron chi connectivity index (χ1n) is 20.7. The summed E-state index contributed by atoms with van der Waals surface area (Å²) in [5.74, 6) is 1.41. The minimum absolute atomic E-state index is 0.461. The van der Waals surface area contributed by atoms with Crippen LogP contribution < -0.4 is 0 Å². The Hall–Kier alpha value is -8.55.